The first kappa shape index (κ1) is 17.8. The number of rotatable bonds is 5. The number of carbonyl (C=O) groups is 2. The van der Waals surface area contributed by atoms with Crippen molar-refractivity contribution in [1.29, 1.82) is 0 Å². The number of hydrogen-bond acceptors (Lipinski definition) is 3. The van der Waals surface area contributed by atoms with E-state index in [1.807, 2.05) is 47.2 Å². The van der Waals surface area contributed by atoms with Gasteiger partial charge in [-0.1, -0.05) is 30.3 Å². The number of amides is 1. The first-order valence-electron chi connectivity index (χ1n) is 9.43. The van der Waals surface area contributed by atoms with E-state index in [0.717, 1.165) is 18.4 Å². The van der Waals surface area contributed by atoms with Gasteiger partial charge in [0.1, 0.15) is 11.1 Å². The van der Waals surface area contributed by atoms with Crippen molar-refractivity contribution in [3.63, 3.8) is 0 Å². The van der Waals surface area contributed by atoms with Crippen molar-refractivity contribution in [3.8, 4) is 0 Å². The number of nitrogens with zero attached hydrogens (tertiary/aromatic N) is 2. The molecule has 142 valence electrons. The number of aliphatic hydroxyl groups is 1. The Morgan fingerprint density at radius 2 is 1.85 bits per heavy atom. The highest BCUT2D eigenvalue weighted by Crippen LogP contribution is 2.38. The zero-order valence-corrected chi connectivity index (χ0v) is 15.1. The Morgan fingerprint density at radius 1 is 1.11 bits per heavy atom. The fourth-order valence-electron chi connectivity index (χ4n) is 4.06. The Balaban J connectivity index is 1.52. The lowest BCUT2D eigenvalue weighted by Gasteiger charge is -2.43. The van der Waals surface area contributed by atoms with E-state index < -0.39 is 17.5 Å². The zero-order valence-electron chi connectivity index (χ0n) is 15.1. The van der Waals surface area contributed by atoms with Crippen LogP contribution in [0.3, 0.4) is 0 Å². The Hall–Kier alpha value is -2.60. The molecular formula is C21H24N2O4. The van der Waals surface area contributed by atoms with Gasteiger partial charge in [-0.15, -0.1) is 0 Å². The van der Waals surface area contributed by atoms with Crippen LogP contribution in [-0.2, 0) is 11.2 Å². The minimum Gasteiger partial charge on any atom is -0.481 e. The lowest BCUT2D eigenvalue weighted by molar-refractivity contribution is -0.161. The fraction of sp³-hybridized carbons (Fsp3) is 0.429. The molecule has 27 heavy (non-hydrogen) atoms. The predicted molar refractivity (Wildman–Crippen MR) is 99.4 cm³/mol. The van der Waals surface area contributed by atoms with Crippen LogP contribution in [0.15, 0.2) is 48.7 Å². The summed E-state index contributed by atoms with van der Waals surface area (Å²) in [5, 5.41) is 20.7. The molecular weight excluding hydrogens is 344 g/mol. The van der Waals surface area contributed by atoms with E-state index >= 15 is 0 Å². The molecule has 2 aromatic rings. The number of likely N-dealkylation sites (tertiary alicyclic amines) is 1. The molecule has 2 atom stereocenters. The molecule has 2 heterocycles. The van der Waals surface area contributed by atoms with Crippen LogP contribution in [0, 0.1) is 5.41 Å². The third-order valence-electron chi connectivity index (χ3n) is 5.87. The highest BCUT2D eigenvalue weighted by molar-refractivity contribution is 5.93. The summed E-state index contributed by atoms with van der Waals surface area (Å²) in [7, 11) is 0. The van der Waals surface area contributed by atoms with Gasteiger partial charge in [0.2, 0.25) is 0 Å². The maximum absolute atomic E-state index is 12.9. The number of carboxylic acids is 1. The number of aromatic nitrogens is 1. The average Bonchev–Trinajstić information content (AvgIpc) is 3.40. The first-order valence-corrected chi connectivity index (χ1v) is 9.43. The Morgan fingerprint density at radius 3 is 2.48 bits per heavy atom. The van der Waals surface area contributed by atoms with E-state index in [1.165, 1.54) is 0 Å². The smallest absolute Gasteiger partial charge is 0.312 e. The van der Waals surface area contributed by atoms with Gasteiger partial charge in [0.25, 0.3) is 5.91 Å². The predicted octanol–water partition coefficient (Wildman–Crippen LogP) is 2.34. The third kappa shape index (κ3) is 3.25. The minimum atomic E-state index is -1.27. The number of β-amino-alcohol motifs (C(OH)–C–C–N with tert-alkyl or cyclic N) is 1. The minimum absolute atomic E-state index is 0.0355. The Labute approximate surface area is 158 Å². The van der Waals surface area contributed by atoms with Gasteiger partial charge in [0, 0.05) is 25.3 Å². The van der Waals surface area contributed by atoms with Crippen LogP contribution in [0.25, 0.3) is 0 Å². The van der Waals surface area contributed by atoms with E-state index in [9.17, 15) is 19.8 Å². The van der Waals surface area contributed by atoms with Crippen LogP contribution in [0.2, 0.25) is 0 Å². The molecule has 1 aliphatic heterocycles. The van der Waals surface area contributed by atoms with Gasteiger partial charge in [-0.05, 0) is 43.4 Å². The maximum atomic E-state index is 12.9. The highest BCUT2D eigenvalue weighted by Gasteiger charge is 2.49. The second-order valence-electron chi connectivity index (χ2n) is 7.67. The van der Waals surface area contributed by atoms with Gasteiger partial charge < -0.3 is 19.7 Å². The molecule has 6 heteroatoms. The van der Waals surface area contributed by atoms with Crippen LogP contribution in [0.1, 0.15) is 41.4 Å². The molecule has 0 unspecified atom stereocenters. The number of carboxylic acid groups (broad SMARTS) is 1. The number of aliphatic carboxylic acids is 1. The number of carbonyl (C=O) groups excluding carboxylic acids is 1. The summed E-state index contributed by atoms with van der Waals surface area (Å²) >= 11 is 0. The topological polar surface area (TPSA) is 82.8 Å². The third-order valence-corrected chi connectivity index (χ3v) is 5.87. The molecule has 1 saturated heterocycles. The monoisotopic (exact) mass is 368 g/mol. The summed E-state index contributed by atoms with van der Waals surface area (Å²) in [6.07, 6.45) is 3.45. The molecule has 1 amide bonds. The molecule has 2 N–H and O–H groups in total. The highest BCUT2D eigenvalue weighted by atomic mass is 16.4. The van der Waals surface area contributed by atoms with Crippen molar-refractivity contribution < 1.29 is 19.8 Å². The van der Waals surface area contributed by atoms with E-state index in [2.05, 4.69) is 0 Å². The summed E-state index contributed by atoms with van der Waals surface area (Å²) in [5.74, 6) is -1.14. The summed E-state index contributed by atoms with van der Waals surface area (Å²) in [5.41, 5.74) is 0.230. The molecule has 2 aliphatic rings. The second kappa shape index (κ2) is 6.85. The SMILES string of the molecule is O=C(c1cccn1C1CC1)N1CC[C@](Cc2ccccc2)(C(=O)O)[C@H](O)C1. The molecule has 2 fully saturated rings. The second-order valence-corrected chi connectivity index (χ2v) is 7.67. The van der Waals surface area contributed by atoms with Crippen LogP contribution >= 0.6 is 0 Å². The fourth-order valence-corrected chi connectivity index (χ4v) is 4.06. The van der Waals surface area contributed by atoms with Crippen LogP contribution in [0.4, 0.5) is 0 Å². The summed E-state index contributed by atoms with van der Waals surface area (Å²) in [6.45, 7) is 0.360. The summed E-state index contributed by atoms with van der Waals surface area (Å²) in [4.78, 5) is 26.6. The average molecular weight is 368 g/mol. The molecule has 4 rings (SSSR count). The number of piperidine rings is 1. The van der Waals surface area contributed by atoms with Crippen molar-refractivity contribution in [2.24, 2.45) is 5.41 Å². The van der Waals surface area contributed by atoms with Crippen molar-refractivity contribution in [2.75, 3.05) is 13.1 Å². The van der Waals surface area contributed by atoms with Gasteiger partial charge in [-0.25, -0.2) is 0 Å². The first-order chi connectivity index (χ1) is 13.0. The van der Waals surface area contributed by atoms with Crippen molar-refractivity contribution in [1.82, 2.24) is 9.47 Å². The zero-order chi connectivity index (χ0) is 19.0. The molecule has 0 radical (unpaired) electrons. The summed E-state index contributed by atoms with van der Waals surface area (Å²) in [6, 6.07) is 13.4. The van der Waals surface area contributed by atoms with Crippen molar-refractivity contribution in [3.05, 3.63) is 59.9 Å². The van der Waals surface area contributed by atoms with Gasteiger partial charge >= 0.3 is 5.97 Å². The quantitative estimate of drug-likeness (QED) is 0.849. The standard InChI is InChI=1S/C21H24N2O4/c24-18-14-22(19(25)17-7-4-11-23(17)16-8-9-16)12-10-21(18,20(26)27)13-15-5-2-1-3-6-15/h1-7,11,16,18,24H,8-10,12-14H2,(H,26,27)/t18-,21-/m1/s1. The van der Waals surface area contributed by atoms with Gasteiger partial charge in [0.05, 0.1) is 6.10 Å². The van der Waals surface area contributed by atoms with Crippen molar-refractivity contribution in [2.45, 2.75) is 37.8 Å². The normalized spacial score (nSPS) is 25.4. The molecule has 0 spiro atoms. The van der Waals surface area contributed by atoms with Crippen LogP contribution in [0.5, 0.6) is 0 Å². The maximum Gasteiger partial charge on any atom is 0.312 e. The Bertz CT molecular complexity index is 843. The largest absolute Gasteiger partial charge is 0.481 e. The number of benzene rings is 1. The van der Waals surface area contributed by atoms with Crippen LogP contribution in [-0.4, -0.2) is 50.8 Å². The summed E-state index contributed by atoms with van der Waals surface area (Å²) < 4.78 is 2.00. The van der Waals surface area contributed by atoms with E-state index in [0.29, 0.717) is 18.3 Å². The molecule has 1 aromatic carbocycles. The Kier molecular flexibility index (Phi) is 4.52. The van der Waals surface area contributed by atoms with E-state index in [1.54, 1.807) is 11.0 Å². The van der Waals surface area contributed by atoms with Gasteiger partial charge in [0.15, 0.2) is 0 Å². The van der Waals surface area contributed by atoms with Gasteiger partial charge in [-0.2, -0.15) is 0 Å². The number of hydrogen-bond donors (Lipinski definition) is 2. The van der Waals surface area contributed by atoms with E-state index in [-0.39, 0.29) is 25.3 Å². The molecule has 0 bridgehead atoms. The number of aliphatic hydroxyl groups excluding tert-OH is 1. The van der Waals surface area contributed by atoms with E-state index in [4.69, 9.17) is 0 Å². The molecule has 1 aromatic heterocycles. The lowest BCUT2D eigenvalue weighted by Crippen LogP contribution is -2.57. The molecule has 1 aliphatic carbocycles. The molecule has 1 saturated carbocycles. The van der Waals surface area contributed by atoms with Crippen LogP contribution < -0.4 is 0 Å². The van der Waals surface area contributed by atoms with Gasteiger partial charge in [-0.3, -0.25) is 9.59 Å². The lowest BCUT2D eigenvalue weighted by atomic mass is 9.71. The van der Waals surface area contributed by atoms with Crippen molar-refractivity contribution >= 4 is 11.9 Å². The molecule has 6 nitrogen and oxygen atoms in total.